The van der Waals surface area contributed by atoms with Gasteiger partial charge in [0.1, 0.15) is 16.4 Å². The molecule has 0 atom stereocenters. The van der Waals surface area contributed by atoms with Gasteiger partial charge in [-0.1, -0.05) is 12.8 Å². The highest BCUT2D eigenvalue weighted by atomic mass is 32.1. The van der Waals surface area contributed by atoms with Crippen molar-refractivity contribution in [1.82, 2.24) is 14.9 Å². The molecule has 1 aliphatic carbocycles. The van der Waals surface area contributed by atoms with E-state index in [1.54, 1.807) is 23.5 Å². The van der Waals surface area contributed by atoms with Crippen LogP contribution in [0.25, 0.3) is 10.6 Å². The van der Waals surface area contributed by atoms with Gasteiger partial charge in [-0.15, -0.1) is 11.3 Å². The number of rotatable bonds is 5. The van der Waals surface area contributed by atoms with E-state index in [-0.39, 0.29) is 18.5 Å². The number of amides is 1. The van der Waals surface area contributed by atoms with Crippen LogP contribution in [0.4, 0.5) is 0 Å². The summed E-state index contributed by atoms with van der Waals surface area (Å²) in [6, 6.07) is 3.81. The first kappa shape index (κ1) is 16.6. The Bertz CT molecular complexity index is 711. The van der Waals surface area contributed by atoms with Crippen molar-refractivity contribution in [2.75, 3.05) is 13.7 Å². The second-order valence-electron chi connectivity index (χ2n) is 5.71. The number of esters is 1. The van der Waals surface area contributed by atoms with Crippen LogP contribution in [-0.4, -0.2) is 46.4 Å². The zero-order valence-corrected chi connectivity index (χ0v) is 14.3. The van der Waals surface area contributed by atoms with Gasteiger partial charge in [-0.2, -0.15) is 0 Å². The quantitative estimate of drug-likeness (QED) is 0.779. The lowest BCUT2D eigenvalue weighted by molar-refractivity contribution is -0.141. The van der Waals surface area contributed by atoms with E-state index in [1.807, 2.05) is 12.1 Å². The van der Waals surface area contributed by atoms with Crippen LogP contribution >= 0.6 is 11.3 Å². The number of hydrogen-bond donors (Lipinski definition) is 0. The Balaban J connectivity index is 1.81. The number of aromatic nitrogens is 2. The van der Waals surface area contributed by atoms with Crippen LogP contribution in [0.5, 0.6) is 0 Å². The van der Waals surface area contributed by atoms with Gasteiger partial charge < -0.3 is 9.64 Å². The van der Waals surface area contributed by atoms with Gasteiger partial charge in [0.25, 0.3) is 5.91 Å². The Labute approximate surface area is 144 Å². The minimum absolute atomic E-state index is 0.0114. The maximum Gasteiger partial charge on any atom is 0.325 e. The number of hydrogen-bond acceptors (Lipinski definition) is 6. The molecule has 0 saturated heterocycles. The van der Waals surface area contributed by atoms with Crippen LogP contribution in [0.3, 0.4) is 0 Å². The van der Waals surface area contributed by atoms with E-state index in [9.17, 15) is 9.59 Å². The monoisotopic (exact) mass is 345 g/mol. The van der Waals surface area contributed by atoms with Crippen LogP contribution in [0.15, 0.2) is 30.7 Å². The van der Waals surface area contributed by atoms with Gasteiger partial charge in [0, 0.05) is 24.0 Å². The molecule has 0 aliphatic heterocycles. The number of methoxy groups -OCH3 is 1. The summed E-state index contributed by atoms with van der Waals surface area (Å²) in [4.78, 5) is 35.1. The Kier molecular flexibility index (Phi) is 5.20. The summed E-state index contributed by atoms with van der Waals surface area (Å²) in [6.45, 7) is -0.0114. The van der Waals surface area contributed by atoms with Gasteiger partial charge >= 0.3 is 5.97 Å². The zero-order valence-electron chi connectivity index (χ0n) is 13.5. The molecule has 0 aromatic carbocycles. The third-order valence-electron chi connectivity index (χ3n) is 4.20. The Morgan fingerprint density at radius 3 is 2.67 bits per heavy atom. The second-order valence-corrected chi connectivity index (χ2v) is 6.74. The minimum atomic E-state index is -0.394. The fourth-order valence-electron chi connectivity index (χ4n) is 2.93. The molecule has 126 valence electrons. The van der Waals surface area contributed by atoms with Gasteiger partial charge in [-0.05, 0) is 25.0 Å². The van der Waals surface area contributed by atoms with Crippen molar-refractivity contribution in [3.8, 4) is 10.6 Å². The number of thiazole rings is 1. The molecule has 6 nitrogen and oxygen atoms in total. The maximum absolute atomic E-state index is 12.9. The molecule has 0 radical (unpaired) electrons. The second kappa shape index (κ2) is 7.53. The molecule has 0 spiro atoms. The van der Waals surface area contributed by atoms with Gasteiger partial charge in [0.05, 0.1) is 13.3 Å². The van der Waals surface area contributed by atoms with E-state index >= 15 is 0 Å². The molecule has 0 N–H and O–H groups in total. The molecule has 2 aromatic rings. The molecule has 24 heavy (non-hydrogen) atoms. The first-order valence-corrected chi connectivity index (χ1v) is 8.74. The predicted octanol–water partition coefficient (Wildman–Crippen LogP) is 2.76. The summed E-state index contributed by atoms with van der Waals surface area (Å²) in [5, 5.41) is 0.769. The molecule has 2 aromatic heterocycles. The highest BCUT2D eigenvalue weighted by Crippen LogP contribution is 2.29. The van der Waals surface area contributed by atoms with Gasteiger partial charge in [0.15, 0.2) is 0 Å². The molecular formula is C17H19N3O3S. The van der Waals surface area contributed by atoms with Gasteiger partial charge in [-0.3, -0.25) is 14.6 Å². The van der Waals surface area contributed by atoms with Crippen LogP contribution in [0.1, 0.15) is 35.4 Å². The molecule has 2 heterocycles. The van der Waals surface area contributed by atoms with Crippen molar-refractivity contribution in [3.05, 3.63) is 35.6 Å². The van der Waals surface area contributed by atoms with Crippen LogP contribution in [0.2, 0.25) is 0 Å². The third-order valence-corrected chi connectivity index (χ3v) is 5.23. The first-order valence-electron chi connectivity index (χ1n) is 7.93. The fourth-order valence-corrected chi connectivity index (χ4v) is 3.81. The molecule has 1 aliphatic rings. The zero-order chi connectivity index (χ0) is 16.9. The number of pyridine rings is 1. The molecule has 3 rings (SSSR count). The predicted molar refractivity (Wildman–Crippen MR) is 90.7 cm³/mol. The lowest BCUT2D eigenvalue weighted by Gasteiger charge is -2.27. The molecule has 1 amide bonds. The average Bonchev–Trinajstić information content (AvgIpc) is 3.31. The molecule has 0 unspecified atom stereocenters. The third kappa shape index (κ3) is 3.62. The highest BCUT2D eigenvalue weighted by molar-refractivity contribution is 7.16. The fraction of sp³-hybridized carbons (Fsp3) is 0.412. The van der Waals surface area contributed by atoms with E-state index in [0.717, 1.165) is 36.3 Å². The lowest BCUT2D eigenvalue weighted by atomic mass is 10.2. The van der Waals surface area contributed by atoms with Crippen molar-refractivity contribution >= 4 is 23.2 Å². The summed E-state index contributed by atoms with van der Waals surface area (Å²) in [5.74, 6) is -0.542. The number of carbonyl (C=O) groups excluding carboxylic acids is 2. The van der Waals surface area contributed by atoms with E-state index in [1.165, 1.54) is 18.4 Å². The van der Waals surface area contributed by atoms with Crippen molar-refractivity contribution in [2.45, 2.75) is 31.7 Å². The maximum atomic E-state index is 12.9. The first-order chi connectivity index (χ1) is 11.7. The van der Waals surface area contributed by atoms with E-state index < -0.39 is 5.97 Å². The lowest BCUT2D eigenvalue weighted by Crippen LogP contribution is -2.42. The normalized spacial score (nSPS) is 14.5. The largest absolute Gasteiger partial charge is 0.468 e. The van der Waals surface area contributed by atoms with Gasteiger partial charge in [0.2, 0.25) is 0 Å². The van der Waals surface area contributed by atoms with Crippen LogP contribution < -0.4 is 0 Å². The van der Waals surface area contributed by atoms with Crippen LogP contribution in [-0.2, 0) is 9.53 Å². The van der Waals surface area contributed by atoms with Crippen molar-refractivity contribution in [3.63, 3.8) is 0 Å². The Morgan fingerprint density at radius 1 is 1.29 bits per heavy atom. The number of carbonyl (C=O) groups is 2. The number of nitrogens with zero attached hydrogens (tertiary/aromatic N) is 3. The summed E-state index contributed by atoms with van der Waals surface area (Å²) in [6.07, 6.45) is 9.00. The standard InChI is InChI=1S/C17H19N3O3S/c1-23-15(21)11-20(13-4-2-3-5-13)17(22)14-10-19-16(24-14)12-6-8-18-9-7-12/h6-10,13H,2-5,11H2,1H3. The summed E-state index contributed by atoms with van der Waals surface area (Å²) >= 11 is 1.33. The smallest absolute Gasteiger partial charge is 0.325 e. The molecule has 0 bridgehead atoms. The topological polar surface area (TPSA) is 72.4 Å². The average molecular weight is 345 g/mol. The van der Waals surface area contributed by atoms with Gasteiger partial charge in [-0.25, -0.2) is 4.98 Å². The Morgan fingerprint density at radius 2 is 2.00 bits per heavy atom. The summed E-state index contributed by atoms with van der Waals surface area (Å²) in [7, 11) is 1.34. The highest BCUT2D eigenvalue weighted by Gasteiger charge is 2.30. The molecular weight excluding hydrogens is 326 g/mol. The number of ether oxygens (including phenoxy) is 1. The SMILES string of the molecule is COC(=O)CN(C(=O)c1cnc(-c2ccncc2)s1)C1CCCC1. The van der Waals surface area contributed by atoms with Crippen molar-refractivity contribution in [1.29, 1.82) is 0 Å². The van der Waals surface area contributed by atoms with E-state index in [0.29, 0.717) is 4.88 Å². The summed E-state index contributed by atoms with van der Waals surface area (Å²) < 4.78 is 4.75. The minimum Gasteiger partial charge on any atom is -0.468 e. The van der Waals surface area contributed by atoms with E-state index in [4.69, 9.17) is 4.74 Å². The molecule has 1 fully saturated rings. The van der Waals surface area contributed by atoms with Crippen LogP contribution in [0, 0.1) is 0 Å². The van der Waals surface area contributed by atoms with E-state index in [2.05, 4.69) is 9.97 Å². The summed E-state index contributed by atoms with van der Waals surface area (Å²) in [5.41, 5.74) is 0.925. The van der Waals surface area contributed by atoms with Crippen molar-refractivity contribution < 1.29 is 14.3 Å². The molecule has 7 heteroatoms. The van der Waals surface area contributed by atoms with Crippen molar-refractivity contribution in [2.24, 2.45) is 0 Å². The molecule has 1 saturated carbocycles. The Hall–Kier alpha value is -2.28.